The average Bonchev–Trinajstić information content (AvgIpc) is 2.95. The van der Waals surface area contributed by atoms with E-state index in [2.05, 4.69) is 15.3 Å². The largest absolute Gasteiger partial charge is 0.347 e. The number of aromatic nitrogens is 2. The normalized spacial score (nSPS) is 12.5. The molecule has 0 bridgehead atoms. The van der Waals surface area contributed by atoms with Crippen LogP contribution in [0.4, 0.5) is 4.39 Å². The second kappa shape index (κ2) is 7.03. The maximum atomic E-state index is 13.5. The van der Waals surface area contributed by atoms with Crippen LogP contribution in [-0.2, 0) is 11.3 Å². The summed E-state index contributed by atoms with van der Waals surface area (Å²) in [5.41, 5.74) is 3.57. The average molecular weight is 340 g/mol. The van der Waals surface area contributed by atoms with Gasteiger partial charge < -0.3 is 10.3 Å². The number of rotatable bonds is 5. The molecule has 0 saturated heterocycles. The van der Waals surface area contributed by atoms with E-state index in [1.54, 1.807) is 31.1 Å². The number of likely N-dealkylation sites (N-methyl/N-ethyl adjacent to an activating group) is 1. The van der Waals surface area contributed by atoms with Gasteiger partial charge in [-0.15, -0.1) is 0 Å². The van der Waals surface area contributed by atoms with E-state index >= 15 is 0 Å². The van der Waals surface area contributed by atoms with Gasteiger partial charge in [0.25, 0.3) is 0 Å². The summed E-state index contributed by atoms with van der Waals surface area (Å²) in [6.45, 7) is 2.30. The van der Waals surface area contributed by atoms with E-state index in [-0.39, 0.29) is 18.3 Å². The number of amides is 1. The Hall–Kier alpha value is -2.73. The van der Waals surface area contributed by atoms with Gasteiger partial charge in [-0.2, -0.15) is 0 Å². The van der Waals surface area contributed by atoms with Gasteiger partial charge in [-0.05, 0) is 56.4 Å². The summed E-state index contributed by atoms with van der Waals surface area (Å²) in [6.07, 6.45) is 0. The van der Waals surface area contributed by atoms with Crippen LogP contribution < -0.4 is 5.32 Å². The van der Waals surface area contributed by atoms with Crippen molar-refractivity contribution in [3.63, 3.8) is 0 Å². The molecule has 0 aliphatic carbocycles. The number of carbonyl (C=O) groups excluding carboxylic acids is 1. The molecule has 5 nitrogen and oxygen atoms in total. The molecule has 1 heterocycles. The van der Waals surface area contributed by atoms with Crippen molar-refractivity contribution in [2.24, 2.45) is 0 Å². The Kier molecular flexibility index (Phi) is 4.81. The van der Waals surface area contributed by atoms with E-state index in [4.69, 9.17) is 0 Å². The third-order valence-electron chi connectivity index (χ3n) is 4.05. The predicted molar refractivity (Wildman–Crippen MR) is 95.5 cm³/mol. The maximum Gasteiger partial charge on any atom is 0.242 e. The molecule has 25 heavy (non-hydrogen) atoms. The van der Waals surface area contributed by atoms with Crippen LogP contribution in [0, 0.1) is 12.7 Å². The lowest BCUT2D eigenvalue weighted by molar-refractivity contribution is -0.126. The molecule has 3 rings (SSSR count). The summed E-state index contributed by atoms with van der Waals surface area (Å²) < 4.78 is 13.5. The number of hydrogen-bond acceptors (Lipinski definition) is 3. The quantitative estimate of drug-likeness (QED) is 0.751. The highest BCUT2D eigenvalue weighted by molar-refractivity contribution is 5.83. The Morgan fingerprint density at radius 1 is 1.28 bits per heavy atom. The van der Waals surface area contributed by atoms with Crippen molar-refractivity contribution < 1.29 is 9.18 Å². The number of nitrogens with one attached hydrogen (secondary N) is 2. The first-order valence-corrected chi connectivity index (χ1v) is 8.09. The van der Waals surface area contributed by atoms with Crippen LogP contribution >= 0.6 is 0 Å². The molecule has 3 aromatic rings. The lowest BCUT2D eigenvalue weighted by atomic mass is 10.1. The highest BCUT2D eigenvalue weighted by Crippen LogP contribution is 2.19. The minimum atomic E-state index is -0.567. The van der Waals surface area contributed by atoms with Gasteiger partial charge in [0.1, 0.15) is 17.7 Å². The van der Waals surface area contributed by atoms with E-state index < -0.39 is 6.04 Å². The lowest BCUT2D eigenvalue weighted by Crippen LogP contribution is -2.37. The molecule has 2 aromatic carbocycles. The van der Waals surface area contributed by atoms with Crippen molar-refractivity contribution in [3.05, 3.63) is 65.2 Å². The van der Waals surface area contributed by atoms with Crippen LogP contribution in [0.15, 0.2) is 42.5 Å². The molecule has 0 aliphatic heterocycles. The minimum absolute atomic E-state index is 0.202. The smallest absolute Gasteiger partial charge is 0.242 e. The van der Waals surface area contributed by atoms with Crippen molar-refractivity contribution in [1.82, 2.24) is 20.2 Å². The molecule has 1 aromatic heterocycles. The Bertz CT molecular complexity index is 903. The Balaban J connectivity index is 1.74. The first kappa shape index (κ1) is 17.1. The van der Waals surface area contributed by atoms with Gasteiger partial charge in [-0.3, -0.25) is 9.69 Å². The molecule has 0 radical (unpaired) electrons. The van der Waals surface area contributed by atoms with Crippen LogP contribution in [0.3, 0.4) is 0 Å². The SMILES string of the molecule is Cc1ccc2nc(CNC(=O)C(c3cccc(F)c3)N(C)C)[nH]c2c1. The molecule has 6 heteroatoms. The zero-order valence-electron chi connectivity index (χ0n) is 14.5. The summed E-state index contributed by atoms with van der Waals surface area (Å²) in [5, 5.41) is 2.88. The van der Waals surface area contributed by atoms with E-state index in [0.717, 1.165) is 16.6 Å². The van der Waals surface area contributed by atoms with Gasteiger partial charge in [-0.1, -0.05) is 18.2 Å². The van der Waals surface area contributed by atoms with E-state index in [1.807, 2.05) is 25.1 Å². The molecule has 0 spiro atoms. The van der Waals surface area contributed by atoms with Crippen LogP contribution in [-0.4, -0.2) is 34.9 Å². The standard InChI is InChI=1S/C19H21FN4O/c1-12-7-8-15-16(9-12)23-17(22-15)11-21-19(25)18(24(2)3)13-5-4-6-14(20)10-13/h4-10,18H,11H2,1-3H3,(H,21,25)(H,22,23). The number of halogens is 1. The molecular formula is C19H21FN4O. The Labute approximate surface area is 145 Å². The van der Waals surface area contributed by atoms with E-state index in [9.17, 15) is 9.18 Å². The Morgan fingerprint density at radius 2 is 2.08 bits per heavy atom. The van der Waals surface area contributed by atoms with Gasteiger partial charge >= 0.3 is 0 Å². The summed E-state index contributed by atoms with van der Waals surface area (Å²) >= 11 is 0. The topological polar surface area (TPSA) is 61.0 Å². The van der Waals surface area contributed by atoms with Crippen LogP contribution in [0.1, 0.15) is 23.0 Å². The first-order valence-electron chi connectivity index (χ1n) is 8.09. The summed E-state index contributed by atoms with van der Waals surface area (Å²) in [5.74, 6) is 0.128. The summed E-state index contributed by atoms with van der Waals surface area (Å²) in [4.78, 5) is 22.1. The fourth-order valence-corrected chi connectivity index (χ4v) is 2.89. The highest BCUT2D eigenvalue weighted by atomic mass is 19.1. The molecule has 0 fully saturated rings. The summed E-state index contributed by atoms with van der Waals surface area (Å²) in [6, 6.07) is 11.5. The van der Waals surface area contributed by atoms with Gasteiger partial charge in [0, 0.05) is 0 Å². The number of nitrogens with zero attached hydrogens (tertiary/aromatic N) is 2. The number of hydrogen-bond donors (Lipinski definition) is 2. The number of fused-ring (bicyclic) bond motifs is 1. The third-order valence-corrected chi connectivity index (χ3v) is 4.05. The van der Waals surface area contributed by atoms with Crippen LogP contribution in [0.2, 0.25) is 0 Å². The molecule has 0 aliphatic rings. The maximum absolute atomic E-state index is 13.5. The number of carbonyl (C=O) groups is 1. The molecule has 2 N–H and O–H groups in total. The molecule has 0 saturated carbocycles. The lowest BCUT2D eigenvalue weighted by Gasteiger charge is -2.23. The second-order valence-electron chi connectivity index (χ2n) is 6.34. The molecule has 130 valence electrons. The van der Waals surface area contributed by atoms with Crippen molar-refractivity contribution in [1.29, 1.82) is 0 Å². The van der Waals surface area contributed by atoms with Gasteiger partial charge in [0.2, 0.25) is 5.91 Å². The van der Waals surface area contributed by atoms with Crippen LogP contribution in [0.25, 0.3) is 11.0 Å². The van der Waals surface area contributed by atoms with E-state index in [1.165, 1.54) is 12.1 Å². The molecule has 1 amide bonds. The summed E-state index contributed by atoms with van der Waals surface area (Å²) in [7, 11) is 3.58. The van der Waals surface area contributed by atoms with Gasteiger partial charge in [-0.25, -0.2) is 9.37 Å². The Morgan fingerprint density at radius 3 is 2.80 bits per heavy atom. The second-order valence-corrected chi connectivity index (χ2v) is 6.34. The highest BCUT2D eigenvalue weighted by Gasteiger charge is 2.23. The number of imidazole rings is 1. The monoisotopic (exact) mass is 340 g/mol. The van der Waals surface area contributed by atoms with Gasteiger partial charge in [0.05, 0.1) is 17.6 Å². The molecule has 1 unspecified atom stereocenters. The van der Waals surface area contributed by atoms with Crippen molar-refractivity contribution in [2.75, 3.05) is 14.1 Å². The fraction of sp³-hybridized carbons (Fsp3) is 0.263. The van der Waals surface area contributed by atoms with Crippen molar-refractivity contribution in [3.8, 4) is 0 Å². The fourth-order valence-electron chi connectivity index (χ4n) is 2.89. The predicted octanol–water partition coefficient (Wildman–Crippen LogP) is 2.93. The number of H-pyrrole nitrogens is 1. The molecule has 1 atom stereocenters. The number of aryl methyl sites for hydroxylation is 1. The van der Waals surface area contributed by atoms with Crippen molar-refractivity contribution in [2.45, 2.75) is 19.5 Å². The van der Waals surface area contributed by atoms with Crippen molar-refractivity contribution >= 4 is 16.9 Å². The number of benzene rings is 2. The zero-order valence-corrected chi connectivity index (χ0v) is 14.5. The zero-order chi connectivity index (χ0) is 18.0. The molecular weight excluding hydrogens is 319 g/mol. The minimum Gasteiger partial charge on any atom is -0.347 e. The first-order chi connectivity index (χ1) is 11.9. The third kappa shape index (κ3) is 3.85. The van der Waals surface area contributed by atoms with Gasteiger partial charge in [0.15, 0.2) is 0 Å². The number of aromatic amines is 1. The van der Waals surface area contributed by atoms with Crippen LogP contribution in [0.5, 0.6) is 0 Å². The van der Waals surface area contributed by atoms with E-state index in [0.29, 0.717) is 11.4 Å².